The summed E-state index contributed by atoms with van der Waals surface area (Å²) in [5, 5.41) is 24.6. The highest BCUT2D eigenvalue weighted by Crippen LogP contribution is 2.25. The van der Waals surface area contributed by atoms with Crippen LogP contribution in [0.15, 0.2) is 82.6 Å². The van der Waals surface area contributed by atoms with E-state index < -0.39 is 40.2 Å². The van der Waals surface area contributed by atoms with Gasteiger partial charge in [0.05, 0.1) is 12.1 Å². The molecule has 246 valence electrons. The highest BCUT2D eigenvalue weighted by Gasteiger charge is 2.34. The number of pyridine rings is 1. The van der Waals surface area contributed by atoms with Crippen molar-refractivity contribution in [2.45, 2.75) is 63.8 Å². The number of alkyl carbamates (subject to hydrolysis) is 1. The van der Waals surface area contributed by atoms with Crippen LogP contribution in [0.3, 0.4) is 0 Å². The lowest BCUT2D eigenvalue weighted by Gasteiger charge is -2.32. The summed E-state index contributed by atoms with van der Waals surface area (Å²) in [6, 6.07) is 15.3. The van der Waals surface area contributed by atoms with Crippen LogP contribution in [0.1, 0.15) is 38.8 Å². The van der Waals surface area contributed by atoms with Gasteiger partial charge in [-0.25, -0.2) is 17.8 Å². The fourth-order valence-corrected chi connectivity index (χ4v) is 6.66. The summed E-state index contributed by atoms with van der Waals surface area (Å²) >= 11 is 0. The highest BCUT2D eigenvalue weighted by atomic mass is 32.2. The van der Waals surface area contributed by atoms with Gasteiger partial charge in [0.2, 0.25) is 15.9 Å². The number of rotatable bonds is 15. The molecule has 0 saturated carbocycles. The van der Waals surface area contributed by atoms with Crippen LogP contribution in [0, 0.1) is 11.8 Å². The molecule has 14 heteroatoms. The Labute approximate surface area is 268 Å². The van der Waals surface area contributed by atoms with Crippen molar-refractivity contribution in [2.75, 3.05) is 13.1 Å². The van der Waals surface area contributed by atoms with Crippen LogP contribution in [0.4, 0.5) is 4.79 Å². The first kappa shape index (κ1) is 34.5. The van der Waals surface area contributed by atoms with E-state index >= 15 is 0 Å². The molecule has 0 aliphatic heterocycles. The number of nitrogens with one attached hydrogen (secondary N) is 2. The standard InChI is InChI=1S/C32H40N6O7S/c1-21(2)18-38(46(42,43)28-14-8-13-25-30(28)37-45-36-25)19-27(39)26(16-23-10-6-5-7-11-23)34-31(40)29(22(3)4)35-32(41)44-20-24-12-9-15-33-17-24/h5-15,17,21-22,26-27,29,39H,16,18-20H2,1-4H3,(H,34,40)(H,35,41)/t26-,27+,29-/m0/s1. The fraction of sp³-hybridized carbons (Fsp3) is 0.406. The number of carbonyl (C=O) groups excluding carboxylic acids is 2. The normalized spacial score (nSPS) is 13.9. The third kappa shape index (κ3) is 9.08. The predicted molar refractivity (Wildman–Crippen MR) is 170 cm³/mol. The van der Waals surface area contributed by atoms with Crippen molar-refractivity contribution in [2.24, 2.45) is 11.8 Å². The van der Waals surface area contributed by atoms with Gasteiger partial charge >= 0.3 is 6.09 Å². The number of nitrogens with zero attached hydrogens (tertiary/aromatic N) is 4. The number of aliphatic hydroxyl groups excluding tert-OH is 1. The predicted octanol–water partition coefficient (Wildman–Crippen LogP) is 3.30. The van der Waals surface area contributed by atoms with Gasteiger partial charge in [0.1, 0.15) is 23.1 Å². The minimum absolute atomic E-state index is 0.0280. The number of ether oxygens (including phenoxy) is 1. The Bertz CT molecular complexity index is 1680. The van der Waals surface area contributed by atoms with E-state index in [1.165, 1.54) is 10.4 Å². The maximum Gasteiger partial charge on any atom is 0.408 e. The average Bonchev–Trinajstić information content (AvgIpc) is 3.52. The largest absolute Gasteiger partial charge is 0.445 e. The van der Waals surface area contributed by atoms with Crippen LogP contribution in [0.5, 0.6) is 0 Å². The Balaban J connectivity index is 1.55. The van der Waals surface area contributed by atoms with Gasteiger partial charge in [-0.2, -0.15) is 4.31 Å². The molecule has 2 aromatic heterocycles. The van der Waals surface area contributed by atoms with E-state index in [-0.39, 0.29) is 53.9 Å². The quantitative estimate of drug-likeness (QED) is 0.173. The summed E-state index contributed by atoms with van der Waals surface area (Å²) in [4.78, 5) is 30.2. The maximum atomic E-state index is 14.0. The van der Waals surface area contributed by atoms with Crippen molar-refractivity contribution < 1.29 is 32.5 Å². The Morgan fingerprint density at radius 1 is 0.935 bits per heavy atom. The monoisotopic (exact) mass is 652 g/mol. The smallest absolute Gasteiger partial charge is 0.408 e. The first-order chi connectivity index (χ1) is 22.0. The molecular weight excluding hydrogens is 612 g/mol. The second-order valence-corrected chi connectivity index (χ2v) is 13.7. The fourth-order valence-electron chi connectivity index (χ4n) is 4.90. The van der Waals surface area contributed by atoms with Crippen molar-refractivity contribution in [1.29, 1.82) is 0 Å². The number of fused-ring (bicyclic) bond motifs is 1. The first-order valence-electron chi connectivity index (χ1n) is 15.0. The molecule has 2 amide bonds. The van der Waals surface area contributed by atoms with E-state index in [1.54, 1.807) is 50.5 Å². The molecule has 2 aromatic carbocycles. The van der Waals surface area contributed by atoms with E-state index in [0.717, 1.165) is 5.56 Å². The molecule has 46 heavy (non-hydrogen) atoms. The van der Waals surface area contributed by atoms with Crippen molar-refractivity contribution in [1.82, 2.24) is 30.2 Å². The third-order valence-electron chi connectivity index (χ3n) is 7.23. The lowest BCUT2D eigenvalue weighted by atomic mass is 9.98. The number of aliphatic hydroxyl groups is 1. The summed E-state index contributed by atoms with van der Waals surface area (Å²) in [6.07, 6.45) is 1.25. The van der Waals surface area contributed by atoms with E-state index in [4.69, 9.17) is 9.37 Å². The van der Waals surface area contributed by atoms with E-state index in [0.29, 0.717) is 5.56 Å². The molecule has 0 aliphatic rings. The molecule has 4 aromatic rings. The topological polar surface area (TPSA) is 177 Å². The Morgan fingerprint density at radius 3 is 2.35 bits per heavy atom. The summed E-state index contributed by atoms with van der Waals surface area (Å²) in [5.74, 6) is -0.981. The average molecular weight is 653 g/mol. The number of hydrogen-bond donors (Lipinski definition) is 3. The SMILES string of the molecule is CC(C)CN(C[C@@H](O)[C@H](Cc1ccccc1)NC(=O)[C@@H](NC(=O)OCc1cccnc1)C(C)C)S(=O)(=O)c1cccc2nonc12. The molecule has 3 atom stereocenters. The van der Waals surface area contributed by atoms with Crippen molar-refractivity contribution in [3.63, 3.8) is 0 Å². The number of benzene rings is 2. The van der Waals surface area contributed by atoms with E-state index in [9.17, 15) is 23.1 Å². The maximum absolute atomic E-state index is 14.0. The lowest BCUT2D eigenvalue weighted by Crippen LogP contribution is -2.57. The van der Waals surface area contributed by atoms with Gasteiger partial charge in [-0.05, 0) is 52.3 Å². The zero-order valence-corrected chi connectivity index (χ0v) is 27.1. The molecular formula is C32H40N6O7S. The molecule has 0 radical (unpaired) electrons. The molecule has 0 spiro atoms. The number of hydrogen-bond acceptors (Lipinski definition) is 10. The van der Waals surface area contributed by atoms with Crippen molar-refractivity contribution in [3.8, 4) is 0 Å². The number of aromatic nitrogens is 3. The van der Waals surface area contributed by atoms with Crippen LogP contribution in [0.25, 0.3) is 11.0 Å². The van der Waals surface area contributed by atoms with Crippen LogP contribution in [-0.2, 0) is 32.6 Å². The number of carbonyl (C=O) groups is 2. The van der Waals surface area contributed by atoms with Crippen LogP contribution < -0.4 is 10.6 Å². The van der Waals surface area contributed by atoms with Gasteiger partial charge in [0, 0.05) is 31.0 Å². The van der Waals surface area contributed by atoms with Gasteiger partial charge in [-0.15, -0.1) is 0 Å². The summed E-state index contributed by atoms with van der Waals surface area (Å²) in [7, 11) is -4.18. The highest BCUT2D eigenvalue weighted by molar-refractivity contribution is 7.89. The lowest BCUT2D eigenvalue weighted by molar-refractivity contribution is -0.125. The Kier molecular flexibility index (Phi) is 11.8. The van der Waals surface area contributed by atoms with Crippen LogP contribution >= 0.6 is 0 Å². The summed E-state index contributed by atoms with van der Waals surface area (Å²) < 4.78 is 39.2. The number of sulfonamides is 1. The Hall–Kier alpha value is -4.40. The molecule has 3 N–H and O–H groups in total. The minimum Gasteiger partial charge on any atom is -0.445 e. The van der Waals surface area contributed by atoms with E-state index in [1.807, 2.05) is 44.2 Å². The molecule has 0 aliphatic carbocycles. The molecule has 0 unspecified atom stereocenters. The van der Waals surface area contributed by atoms with Crippen LogP contribution in [0.2, 0.25) is 0 Å². The van der Waals surface area contributed by atoms with Gasteiger partial charge in [0.25, 0.3) is 0 Å². The van der Waals surface area contributed by atoms with Gasteiger partial charge < -0.3 is 20.5 Å². The van der Waals surface area contributed by atoms with Gasteiger partial charge in [-0.1, -0.05) is 70.2 Å². The first-order valence-corrected chi connectivity index (χ1v) is 16.5. The van der Waals surface area contributed by atoms with Gasteiger partial charge in [0.15, 0.2) is 5.52 Å². The van der Waals surface area contributed by atoms with Gasteiger partial charge in [-0.3, -0.25) is 9.78 Å². The molecule has 4 rings (SSSR count). The third-order valence-corrected chi connectivity index (χ3v) is 9.10. The Morgan fingerprint density at radius 2 is 1.67 bits per heavy atom. The second-order valence-electron chi connectivity index (χ2n) is 11.8. The van der Waals surface area contributed by atoms with E-state index in [2.05, 4.69) is 25.9 Å². The molecule has 0 bridgehead atoms. The second kappa shape index (κ2) is 15.7. The molecule has 2 heterocycles. The molecule has 0 fully saturated rings. The minimum atomic E-state index is -4.18. The summed E-state index contributed by atoms with van der Waals surface area (Å²) in [6.45, 7) is 7.00. The zero-order chi connectivity index (χ0) is 33.3. The van der Waals surface area contributed by atoms with Crippen molar-refractivity contribution in [3.05, 3.63) is 84.2 Å². The molecule has 13 nitrogen and oxygen atoms in total. The molecule has 0 saturated heterocycles. The van der Waals surface area contributed by atoms with Crippen LogP contribution in [-0.4, -0.2) is 76.4 Å². The summed E-state index contributed by atoms with van der Waals surface area (Å²) in [5.41, 5.74) is 1.87. The zero-order valence-electron chi connectivity index (χ0n) is 26.2. The number of amides is 2. The van der Waals surface area contributed by atoms with Crippen molar-refractivity contribution >= 4 is 33.1 Å².